The fourth-order valence-corrected chi connectivity index (χ4v) is 4.55. The first-order valence-corrected chi connectivity index (χ1v) is 11.2. The van der Waals surface area contributed by atoms with Gasteiger partial charge in [-0.1, -0.05) is 84.9 Å². The number of benzene rings is 4. The third-order valence-electron chi connectivity index (χ3n) is 6.27. The Bertz CT molecular complexity index is 1290. The lowest BCUT2D eigenvalue weighted by Crippen LogP contribution is -2.36. The van der Waals surface area contributed by atoms with Crippen LogP contribution in [-0.2, 0) is 0 Å². The van der Waals surface area contributed by atoms with E-state index in [4.69, 9.17) is 0 Å². The smallest absolute Gasteiger partial charge is 0.107 e. The zero-order valence-corrected chi connectivity index (χ0v) is 18.8. The van der Waals surface area contributed by atoms with Gasteiger partial charge in [0.25, 0.3) is 0 Å². The molecule has 0 saturated carbocycles. The minimum atomic E-state index is 0.0463. The number of para-hydroxylation sites is 1. The van der Waals surface area contributed by atoms with Crippen molar-refractivity contribution >= 4 is 11.4 Å². The lowest BCUT2D eigenvalue weighted by molar-refractivity contribution is 0.749. The summed E-state index contributed by atoms with van der Waals surface area (Å²) in [7, 11) is 0. The lowest BCUT2D eigenvalue weighted by atomic mass is 9.95. The molecule has 1 heterocycles. The molecule has 0 fully saturated rings. The number of nitrogens with zero attached hydrogens (tertiary/aromatic N) is 3. The van der Waals surface area contributed by atoms with Gasteiger partial charge in [0, 0.05) is 29.2 Å². The average molecular weight is 428 g/mol. The summed E-state index contributed by atoms with van der Waals surface area (Å²) in [6.07, 6.45) is 4.31. The Morgan fingerprint density at radius 3 is 1.85 bits per heavy atom. The topological polar surface area (TPSA) is 30.3 Å². The minimum Gasteiger partial charge on any atom is -0.325 e. The molecule has 0 aliphatic carbocycles. The molecule has 0 aromatic heterocycles. The van der Waals surface area contributed by atoms with Crippen molar-refractivity contribution in [3.05, 3.63) is 121 Å². The van der Waals surface area contributed by atoms with E-state index in [1.165, 1.54) is 27.9 Å². The molecule has 0 saturated heterocycles. The van der Waals surface area contributed by atoms with Crippen LogP contribution in [0.3, 0.4) is 0 Å². The van der Waals surface area contributed by atoms with Gasteiger partial charge in [0.1, 0.15) is 6.17 Å². The van der Waals surface area contributed by atoms with Gasteiger partial charge < -0.3 is 9.80 Å². The maximum atomic E-state index is 9.42. The molecule has 5 rings (SSSR count). The van der Waals surface area contributed by atoms with Crippen molar-refractivity contribution < 1.29 is 0 Å². The molecule has 3 heteroatoms. The fraction of sp³-hybridized carbons (Fsp3) is 0.100. The standard InChI is InChI=1S/C30H25N3/c1-22-16-17-24(21-31)20-29(22)32-18-19-33(23(32)2)30-27(25-10-5-3-6-11-25)14-9-15-28(30)26-12-7-4-8-13-26/h3-20,23H,1-2H3/t23-/m0/s1. The number of hydrogen-bond donors (Lipinski definition) is 0. The van der Waals surface area contributed by atoms with Gasteiger partial charge in [-0.25, -0.2) is 0 Å². The van der Waals surface area contributed by atoms with Crippen molar-refractivity contribution in [3.63, 3.8) is 0 Å². The van der Waals surface area contributed by atoms with Gasteiger partial charge in [0.15, 0.2) is 0 Å². The third-order valence-corrected chi connectivity index (χ3v) is 6.27. The summed E-state index contributed by atoms with van der Waals surface area (Å²) in [5.74, 6) is 0. The Balaban J connectivity index is 1.65. The predicted octanol–water partition coefficient (Wildman–Crippen LogP) is 7.34. The first-order valence-electron chi connectivity index (χ1n) is 11.2. The van der Waals surface area contributed by atoms with E-state index in [1.54, 1.807) is 0 Å². The van der Waals surface area contributed by atoms with Crippen LogP contribution in [-0.4, -0.2) is 6.17 Å². The molecular formula is C30H25N3. The van der Waals surface area contributed by atoms with E-state index in [2.05, 4.69) is 121 Å². The van der Waals surface area contributed by atoms with E-state index in [0.29, 0.717) is 5.56 Å². The summed E-state index contributed by atoms with van der Waals surface area (Å²) in [6, 6.07) is 35.8. The molecule has 4 aromatic rings. The summed E-state index contributed by atoms with van der Waals surface area (Å²) in [5, 5.41) is 9.42. The van der Waals surface area contributed by atoms with E-state index in [1.807, 2.05) is 18.2 Å². The van der Waals surface area contributed by atoms with E-state index in [-0.39, 0.29) is 6.17 Å². The van der Waals surface area contributed by atoms with Crippen molar-refractivity contribution in [2.24, 2.45) is 0 Å². The van der Waals surface area contributed by atoms with Crippen LogP contribution in [0.5, 0.6) is 0 Å². The molecule has 0 spiro atoms. The lowest BCUT2D eigenvalue weighted by Gasteiger charge is -2.33. The molecule has 33 heavy (non-hydrogen) atoms. The van der Waals surface area contributed by atoms with Crippen LogP contribution < -0.4 is 9.80 Å². The second-order valence-corrected chi connectivity index (χ2v) is 8.29. The van der Waals surface area contributed by atoms with Crippen LogP contribution in [0, 0.1) is 18.3 Å². The first-order chi connectivity index (χ1) is 16.2. The average Bonchev–Trinajstić information content (AvgIpc) is 3.25. The highest BCUT2D eigenvalue weighted by molar-refractivity contribution is 5.92. The number of rotatable bonds is 4. The number of nitriles is 1. The maximum absolute atomic E-state index is 9.42. The Hall–Kier alpha value is -4.29. The van der Waals surface area contributed by atoms with Crippen molar-refractivity contribution in [1.29, 1.82) is 5.26 Å². The molecule has 1 aliphatic heterocycles. The highest BCUT2D eigenvalue weighted by atomic mass is 15.4. The van der Waals surface area contributed by atoms with Gasteiger partial charge in [0.2, 0.25) is 0 Å². The van der Waals surface area contributed by atoms with Crippen LogP contribution in [0.2, 0.25) is 0 Å². The number of hydrogen-bond acceptors (Lipinski definition) is 3. The van der Waals surface area contributed by atoms with Crippen molar-refractivity contribution in [2.75, 3.05) is 9.80 Å². The van der Waals surface area contributed by atoms with Crippen LogP contribution in [0.4, 0.5) is 11.4 Å². The monoisotopic (exact) mass is 427 g/mol. The van der Waals surface area contributed by atoms with Crippen molar-refractivity contribution in [3.8, 4) is 28.3 Å². The number of aryl methyl sites for hydroxylation is 1. The summed E-state index contributed by atoms with van der Waals surface area (Å²) >= 11 is 0. The Kier molecular flexibility index (Phi) is 5.42. The Morgan fingerprint density at radius 1 is 0.697 bits per heavy atom. The summed E-state index contributed by atoms with van der Waals surface area (Å²) < 4.78 is 0. The van der Waals surface area contributed by atoms with Gasteiger partial charge >= 0.3 is 0 Å². The molecule has 160 valence electrons. The zero-order valence-electron chi connectivity index (χ0n) is 18.8. The molecule has 0 bridgehead atoms. The van der Waals surface area contributed by atoms with Crippen molar-refractivity contribution in [1.82, 2.24) is 0 Å². The second kappa shape index (κ2) is 8.68. The van der Waals surface area contributed by atoms with Gasteiger partial charge in [-0.3, -0.25) is 0 Å². The third kappa shape index (κ3) is 3.77. The quantitative estimate of drug-likeness (QED) is 0.341. The van der Waals surface area contributed by atoms with E-state index < -0.39 is 0 Å². The van der Waals surface area contributed by atoms with E-state index in [0.717, 1.165) is 11.3 Å². The van der Waals surface area contributed by atoms with E-state index in [9.17, 15) is 5.26 Å². The highest BCUT2D eigenvalue weighted by Crippen LogP contribution is 2.43. The zero-order chi connectivity index (χ0) is 22.8. The molecule has 3 nitrogen and oxygen atoms in total. The maximum Gasteiger partial charge on any atom is 0.107 e. The Morgan fingerprint density at radius 2 is 1.27 bits per heavy atom. The van der Waals surface area contributed by atoms with Gasteiger partial charge in [-0.15, -0.1) is 0 Å². The van der Waals surface area contributed by atoms with Crippen LogP contribution in [0.15, 0.2) is 109 Å². The van der Waals surface area contributed by atoms with E-state index >= 15 is 0 Å². The molecule has 4 aromatic carbocycles. The molecular weight excluding hydrogens is 402 g/mol. The van der Waals surface area contributed by atoms with Gasteiger partial charge in [-0.05, 0) is 42.7 Å². The Labute approximate surface area is 195 Å². The van der Waals surface area contributed by atoms with Gasteiger partial charge in [-0.2, -0.15) is 5.26 Å². The normalized spacial score (nSPS) is 15.0. The van der Waals surface area contributed by atoms with Gasteiger partial charge in [0.05, 0.1) is 17.3 Å². The van der Waals surface area contributed by atoms with Crippen molar-refractivity contribution in [2.45, 2.75) is 20.0 Å². The first kappa shape index (κ1) is 20.6. The largest absolute Gasteiger partial charge is 0.325 e. The SMILES string of the molecule is Cc1ccc(C#N)cc1N1C=CN(c2c(-c3ccccc3)cccc2-c2ccccc2)[C@H]1C. The molecule has 0 amide bonds. The minimum absolute atomic E-state index is 0.0463. The summed E-state index contributed by atoms with van der Waals surface area (Å²) in [4.78, 5) is 4.58. The summed E-state index contributed by atoms with van der Waals surface area (Å²) in [6.45, 7) is 4.29. The fourth-order valence-electron chi connectivity index (χ4n) is 4.55. The summed E-state index contributed by atoms with van der Waals surface area (Å²) in [5.41, 5.74) is 8.81. The molecule has 1 atom stereocenters. The predicted molar refractivity (Wildman–Crippen MR) is 137 cm³/mol. The van der Waals surface area contributed by atoms with Crippen LogP contribution in [0.25, 0.3) is 22.3 Å². The number of anilines is 2. The van der Waals surface area contributed by atoms with Crippen LogP contribution >= 0.6 is 0 Å². The molecule has 0 unspecified atom stereocenters. The molecule has 0 radical (unpaired) electrons. The highest BCUT2D eigenvalue weighted by Gasteiger charge is 2.29. The van der Waals surface area contributed by atoms with Crippen LogP contribution in [0.1, 0.15) is 18.1 Å². The second-order valence-electron chi connectivity index (χ2n) is 8.29. The molecule has 0 N–H and O–H groups in total. The molecule has 1 aliphatic rings.